The first-order valence-corrected chi connectivity index (χ1v) is 28.3. The molecule has 0 unspecified atom stereocenters. The van der Waals surface area contributed by atoms with Crippen LogP contribution in [0.2, 0.25) is 0 Å². The fourth-order valence-corrected chi connectivity index (χ4v) is 13.2. The van der Waals surface area contributed by atoms with Crippen molar-refractivity contribution >= 4 is 44.2 Å². The van der Waals surface area contributed by atoms with Crippen LogP contribution in [0, 0.1) is 27.3 Å². The van der Waals surface area contributed by atoms with Crippen molar-refractivity contribution in [2.24, 2.45) is 11.3 Å². The topological polar surface area (TPSA) is 227 Å². The predicted molar refractivity (Wildman–Crippen MR) is 290 cm³/mol. The molecule has 2 saturated carbocycles. The number of hydrogen-bond donors (Lipinski definition) is 4. The van der Waals surface area contributed by atoms with Crippen LogP contribution in [0.15, 0.2) is 90.1 Å². The summed E-state index contributed by atoms with van der Waals surface area (Å²) in [4.78, 5) is 43.9. The van der Waals surface area contributed by atoms with Gasteiger partial charge in [-0.3, -0.25) is 24.7 Å². The summed E-state index contributed by atoms with van der Waals surface area (Å²) in [5, 5.41) is 25.7. The number of benzene rings is 3. The van der Waals surface area contributed by atoms with Gasteiger partial charge in [-0.05, 0) is 116 Å². The van der Waals surface area contributed by atoms with E-state index in [0.29, 0.717) is 44.2 Å². The number of piperidine rings is 1. The SMILES string of the molecule is COc1nc2[nH]cc(F)c2cc1Oc1cc(N2CCC3(CC2)CC(N2CCN(Cc4ccc5c(c4)OCO5)C[C@H]2c2ccccc2C(C)C)C3)ccc1C(=O)NS(=O)(=O)c1cnc(NCC2CCC(C)(O)CC2)c([N+](=O)[O-])c1. The quantitative estimate of drug-likeness (QED) is 0.0523. The van der Waals surface area contributed by atoms with Crippen molar-refractivity contribution in [3.63, 3.8) is 0 Å². The number of pyridine rings is 2. The van der Waals surface area contributed by atoms with Crippen molar-refractivity contribution in [3.05, 3.63) is 123 Å². The van der Waals surface area contributed by atoms with E-state index in [9.17, 15) is 32.8 Å². The number of aromatic nitrogens is 3. The lowest BCUT2D eigenvalue weighted by Gasteiger charge is -2.58. The van der Waals surface area contributed by atoms with Crippen LogP contribution < -0.4 is 33.9 Å². The van der Waals surface area contributed by atoms with E-state index in [1.807, 2.05) is 6.07 Å². The van der Waals surface area contributed by atoms with Crippen LogP contribution in [0.3, 0.4) is 0 Å². The molecule has 11 rings (SSSR count). The number of amides is 1. The number of nitro groups is 1. The monoisotopic (exact) mass is 1090 g/mol. The highest BCUT2D eigenvalue weighted by atomic mass is 32.2. The van der Waals surface area contributed by atoms with Gasteiger partial charge in [0.2, 0.25) is 12.6 Å². The number of halogens is 1. The standard InChI is InChI=1S/C57H66FN9O10S/c1-35(2)41-7-5-6-8-42(41)47-33-64(32-37-9-12-48-50(23-37)76-34-75-48)21-22-66(47)39-27-57(28-39)17-19-65(20-18-57)38-10-11-43(49(24-38)77-51-26-44-45(58)31-61-52(44)62-55(51)74-4)54(68)63-78(72,73)40-25-46(67(70)71)53(60-30-40)59-29-36-13-15-56(3,69)16-14-36/h5-12,23-26,30-31,35-36,39,47,69H,13-22,27-29,32-34H2,1-4H3,(H,59,60)(H,61,62)(H,63,68)/t36?,47-,56?/m0/s1. The molecule has 5 aliphatic rings. The lowest BCUT2D eigenvalue weighted by Crippen LogP contribution is -2.60. The molecule has 0 radical (unpaired) electrons. The van der Waals surface area contributed by atoms with Gasteiger partial charge in [0.25, 0.3) is 21.8 Å². The number of aliphatic hydroxyl groups is 1. The second kappa shape index (κ2) is 21.3. The van der Waals surface area contributed by atoms with Crippen molar-refractivity contribution in [2.45, 2.75) is 107 Å². The van der Waals surface area contributed by atoms with E-state index in [1.165, 1.54) is 35.9 Å². The fraction of sp³-hybridized carbons (Fsp3) is 0.456. The second-order valence-electron chi connectivity index (χ2n) is 22.4. The van der Waals surface area contributed by atoms with E-state index < -0.39 is 42.9 Å². The Labute approximate surface area is 452 Å². The highest BCUT2D eigenvalue weighted by molar-refractivity contribution is 7.90. The van der Waals surface area contributed by atoms with Crippen molar-refractivity contribution in [1.29, 1.82) is 0 Å². The maximum absolute atomic E-state index is 14.9. The number of anilines is 2. The Kier molecular flexibility index (Phi) is 14.5. The van der Waals surface area contributed by atoms with Crippen LogP contribution in [0.25, 0.3) is 11.0 Å². The molecular weight excluding hydrogens is 1020 g/mol. The van der Waals surface area contributed by atoms with Gasteiger partial charge in [0.1, 0.15) is 22.1 Å². The number of nitrogens with zero attached hydrogens (tertiary/aromatic N) is 6. The number of rotatable bonds is 16. The third kappa shape index (κ3) is 10.9. The first kappa shape index (κ1) is 53.0. The van der Waals surface area contributed by atoms with Gasteiger partial charge in [0.15, 0.2) is 17.2 Å². The summed E-state index contributed by atoms with van der Waals surface area (Å²) in [6.45, 7) is 12.0. The average Bonchev–Trinajstić information content (AvgIpc) is 4.17. The number of hydrogen-bond acceptors (Lipinski definition) is 16. The Morgan fingerprint density at radius 3 is 2.51 bits per heavy atom. The van der Waals surface area contributed by atoms with Crippen molar-refractivity contribution < 1.29 is 46.6 Å². The van der Waals surface area contributed by atoms with E-state index in [1.54, 1.807) is 19.1 Å². The molecule has 2 aliphatic carbocycles. The normalized spacial score (nSPS) is 21.7. The van der Waals surface area contributed by atoms with Crippen LogP contribution in [0.4, 0.5) is 21.6 Å². The Balaban J connectivity index is 0.801. The van der Waals surface area contributed by atoms with Gasteiger partial charge in [-0.2, -0.15) is 4.98 Å². The summed E-state index contributed by atoms with van der Waals surface area (Å²) in [7, 11) is -3.38. The molecule has 1 spiro atoms. The lowest BCUT2D eigenvalue weighted by molar-refractivity contribution is -0.384. The molecule has 78 heavy (non-hydrogen) atoms. The number of H-pyrrole nitrogens is 1. The van der Waals surface area contributed by atoms with Crippen molar-refractivity contribution in [2.75, 3.05) is 63.4 Å². The zero-order valence-electron chi connectivity index (χ0n) is 44.3. The average molecular weight is 1090 g/mol. The summed E-state index contributed by atoms with van der Waals surface area (Å²) in [6, 6.07) is 22.9. The molecule has 3 aromatic carbocycles. The van der Waals surface area contributed by atoms with Crippen molar-refractivity contribution in [1.82, 2.24) is 29.5 Å². The lowest BCUT2D eigenvalue weighted by atomic mass is 9.59. The number of piperazine rings is 1. The molecule has 2 saturated heterocycles. The van der Waals surface area contributed by atoms with Gasteiger partial charge in [0.05, 0.1) is 34.8 Å². The number of nitrogens with one attached hydrogen (secondary N) is 3. The molecule has 3 aliphatic heterocycles. The minimum atomic E-state index is -4.75. The van der Waals surface area contributed by atoms with E-state index >= 15 is 0 Å². The number of fused-ring (bicyclic) bond motifs is 2. The van der Waals surface area contributed by atoms with E-state index in [-0.39, 0.29) is 64.0 Å². The summed E-state index contributed by atoms with van der Waals surface area (Å²) >= 11 is 0. The summed E-state index contributed by atoms with van der Waals surface area (Å²) in [5.41, 5.74) is 3.54. The minimum Gasteiger partial charge on any atom is -0.478 e. The Bertz CT molecular complexity index is 3350. The van der Waals surface area contributed by atoms with Crippen LogP contribution in [-0.2, 0) is 16.6 Å². The van der Waals surface area contributed by atoms with Gasteiger partial charge in [-0.15, -0.1) is 0 Å². The fourth-order valence-electron chi connectivity index (χ4n) is 12.3. The highest BCUT2D eigenvalue weighted by Gasteiger charge is 2.50. The highest BCUT2D eigenvalue weighted by Crippen LogP contribution is 2.54. The zero-order valence-corrected chi connectivity index (χ0v) is 45.1. The molecule has 6 aromatic rings. The van der Waals surface area contributed by atoms with E-state index in [0.717, 1.165) is 101 Å². The van der Waals surface area contributed by atoms with Gasteiger partial charge in [0, 0.05) is 88.0 Å². The molecule has 19 nitrogen and oxygen atoms in total. The Morgan fingerprint density at radius 1 is 0.987 bits per heavy atom. The van der Waals surface area contributed by atoms with Gasteiger partial charge in [-0.1, -0.05) is 44.2 Å². The van der Waals surface area contributed by atoms with E-state index in [2.05, 4.69) is 89.9 Å². The number of ether oxygens (including phenoxy) is 4. The number of carbonyl (C=O) groups is 1. The number of methoxy groups -OCH3 is 1. The number of carbonyl (C=O) groups excluding carboxylic acids is 1. The number of sulfonamides is 1. The third-order valence-electron chi connectivity index (χ3n) is 16.8. The van der Waals surface area contributed by atoms with Crippen molar-refractivity contribution in [3.8, 4) is 28.9 Å². The molecular formula is C57H66FN9O10S. The van der Waals surface area contributed by atoms with Gasteiger partial charge >= 0.3 is 5.69 Å². The van der Waals surface area contributed by atoms with Gasteiger partial charge in [-0.25, -0.2) is 22.5 Å². The molecule has 3 aromatic heterocycles. The maximum atomic E-state index is 14.9. The first-order chi connectivity index (χ1) is 37.4. The Hall–Kier alpha value is -7.07. The van der Waals surface area contributed by atoms with E-state index in [4.69, 9.17) is 18.9 Å². The minimum absolute atomic E-state index is 0.0170. The molecule has 6 heterocycles. The smallest absolute Gasteiger partial charge is 0.312 e. The summed E-state index contributed by atoms with van der Waals surface area (Å²) < 4.78 is 68.0. The summed E-state index contributed by atoms with van der Waals surface area (Å²) in [5.74, 6) is 0.198. The molecule has 21 heteroatoms. The third-order valence-corrected chi connectivity index (χ3v) is 18.1. The Morgan fingerprint density at radius 2 is 1.76 bits per heavy atom. The molecule has 0 bridgehead atoms. The van der Waals surface area contributed by atoms with Crippen LogP contribution >= 0.6 is 0 Å². The number of aromatic amines is 1. The van der Waals surface area contributed by atoms with Gasteiger partial charge < -0.3 is 39.3 Å². The molecule has 1 amide bonds. The predicted octanol–water partition coefficient (Wildman–Crippen LogP) is 9.44. The van der Waals surface area contributed by atoms with Crippen LogP contribution in [-0.4, -0.2) is 114 Å². The van der Waals surface area contributed by atoms with Crippen LogP contribution in [0.1, 0.15) is 111 Å². The molecule has 4 fully saturated rings. The molecule has 1 atom stereocenters. The first-order valence-electron chi connectivity index (χ1n) is 26.9. The zero-order chi connectivity index (χ0) is 54.5. The van der Waals surface area contributed by atoms with Crippen LogP contribution in [0.5, 0.6) is 28.9 Å². The second-order valence-corrected chi connectivity index (χ2v) is 24.1. The maximum Gasteiger partial charge on any atom is 0.312 e. The largest absolute Gasteiger partial charge is 0.478 e. The molecule has 4 N–H and O–H groups in total. The molecule has 412 valence electrons. The summed E-state index contributed by atoms with van der Waals surface area (Å²) in [6.07, 6.45) is 8.75.